The van der Waals surface area contributed by atoms with E-state index >= 15 is 0 Å². The van der Waals surface area contributed by atoms with Gasteiger partial charge in [0.25, 0.3) is 0 Å². The van der Waals surface area contributed by atoms with Gasteiger partial charge in [-0.1, -0.05) is 35.9 Å². The van der Waals surface area contributed by atoms with Crippen LogP contribution < -0.4 is 9.80 Å². The Kier molecular flexibility index (Phi) is 4.21. The maximum absolute atomic E-state index is 12.8. The number of allylic oxidation sites excluding steroid dienone is 4. The van der Waals surface area contributed by atoms with Crippen molar-refractivity contribution in [3.8, 4) is 0 Å². The zero-order chi connectivity index (χ0) is 20.3. The van der Waals surface area contributed by atoms with Crippen LogP contribution in [0, 0.1) is 23.7 Å². The first kappa shape index (κ1) is 18.3. The number of halogens is 1. The Balaban J connectivity index is 1.46. The van der Waals surface area contributed by atoms with Gasteiger partial charge in [0, 0.05) is 0 Å². The van der Waals surface area contributed by atoms with E-state index in [2.05, 4.69) is 0 Å². The highest BCUT2D eigenvalue weighted by Crippen LogP contribution is 2.43. The zero-order valence-corrected chi connectivity index (χ0v) is 16.3. The van der Waals surface area contributed by atoms with Crippen molar-refractivity contribution in [2.45, 2.75) is 25.7 Å². The van der Waals surface area contributed by atoms with Crippen molar-refractivity contribution in [2.75, 3.05) is 9.80 Å². The molecular weight excluding hydrogens is 392 g/mol. The van der Waals surface area contributed by atoms with Crippen molar-refractivity contribution in [1.29, 1.82) is 0 Å². The van der Waals surface area contributed by atoms with Crippen molar-refractivity contribution in [2.24, 2.45) is 23.7 Å². The normalized spacial score (nSPS) is 30.9. The summed E-state index contributed by atoms with van der Waals surface area (Å²) in [5.41, 5.74) is 0.680. The maximum Gasteiger partial charge on any atom is 0.238 e. The SMILES string of the molecule is O=C1[C@H]2CC=CC[C@@H]2C(=O)N1c1ccc(N2C(=O)[C@H]3CC=CC[C@H]3C2=O)c(Cl)c1. The van der Waals surface area contributed by atoms with Crippen molar-refractivity contribution >= 4 is 46.6 Å². The van der Waals surface area contributed by atoms with Crippen LogP contribution in [0.5, 0.6) is 0 Å². The van der Waals surface area contributed by atoms with Gasteiger partial charge in [-0.15, -0.1) is 0 Å². The van der Waals surface area contributed by atoms with Gasteiger partial charge in [-0.25, -0.2) is 9.80 Å². The minimum absolute atomic E-state index is 0.171. The van der Waals surface area contributed by atoms with Gasteiger partial charge in [0.15, 0.2) is 0 Å². The van der Waals surface area contributed by atoms with Gasteiger partial charge in [-0.05, 0) is 43.9 Å². The Bertz CT molecular complexity index is 962. The summed E-state index contributed by atoms with van der Waals surface area (Å²) < 4.78 is 0. The van der Waals surface area contributed by atoms with Crippen LogP contribution in [0.4, 0.5) is 11.4 Å². The molecule has 4 amide bonds. The van der Waals surface area contributed by atoms with Crippen LogP contribution in [-0.4, -0.2) is 23.6 Å². The Morgan fingerprint density at radius 3 is 1.48 bits per heavy atom. The lowest BCUT2D eigenvalue weighted by molar-refractivity contribution is -0.124. The van der Waals surface area contributed by atoms with E-state index in [9.17, 15) is 19.2 Å². The molecule has 0 radical (unpaired) electrons. The van der Waals surface area contributed by atoms with Crippen LogP contribution in [0.25, 0.3) is 0 Å². The highest BCUT2D eigenvalue weighted by molar-refractivity contribution is 6.36. The summed E-state index contributed by atoms with van der Waals surface area (Å²) in [6.07, 6.45) is 9.95. The number of amides is 4. The van der Waals surface area contributed by atoms with E-state index in [0.717, 1.165) is 4.90 Å². The lowest BCUT2D eigenvalue weighted by atomic mass is 9.85. The average Bonchev–Trinajstić information content (AvgIpc) is 3.14. The van der Waals surface area contributed by atoms with E-state index in [1.165, 1.54) is 11.0 Å². The first-order valence-corrected chi connectivity index (χ1v) is 10.2. The Labute approximate surface area is 172 Å². The summed E-state index contributed by atoms with van der Waals surface area (Å²) in [5, 5.41) is 0.171. The fourth-order valence-electron chi connectivity index (χ4n) is 4.91. The molecule has 0 saturated carbocycles. The molecule has 29 heavy (non-hydrogen) atoms. The first-order chi connectivity index (χ1) is 14.0. The molecule has 5 rings (SSSR count). The smallest absolute Gasteiger partial charge is 0.238 e. The Morgan fingerprint density at radius 2 is 1.07 bits per heavy atom. The molecule has 4 atom stereocenters. The molecule has 0 N–H and O–H groups in total. The van der Waals surface area contributed by atoms with Gasteiger partial charge in [0.2, 0.25) is 23.6 Å². The number of fused-ring (bicyclic) bond motifs is 2. The second-order valence-corrected chi connectivity index (χ2v) is 8.38. The van der Waals surface area contributed by atoms with Gasteiger partial charge >= 0.3 is 0 Å². The minimum Gasteiger partial charge on any atom is -0.274 e. The molecular formula is C22H19ClN2O4. The van der Waals surface area contributed by atoms with Gasteiger partial charge in [0.05, 0.1) is 40.1 Å². The van der Waals surface area contributed by atoms with E-state index in [1.807, 2.05) is 24.3 Å². The molecule has 2 aliphatic carbocycles. The largest absolute Gasteiger partial charge is 0.274 e. The molecule has 2 aliphatic heterocycles. The summed E-state index contributed by atoms with van der Waals surface area (Å²) in [6.45, 7) is 0. The van der Waals surface area contributed by atoms with E-state index < -0.39 is 0 Å². The number of hydrogen-bond acceptors (Lipinski definition) is 4. The number of carbonyl (C=O) groups excluding carboxylic acids is 4. The number of hydrogen-bond donors (Lipinski definition) is 0. The number of anilines is 2. The highest BCUT2D eigenvalue weighted by atomic mass is 35.5. The average molecular weight is 411 g/mol. The van der Waals surface area contributed by atoms with Crippen LogP contribution in [0.15, 0.2) is 42.5 Å². The summed E-state index contributed by atoms with van der Waals surface area (Å²) in [6, 6.07) is 4.64. The van der Waals surface area contributed by atoms with E-state index in [4.69, 9.17) is 11.6 Å². The lowest BCUT2D eigenvalue weighted by Crippen LogP contribution is -2.32. The van der Waals surface area contributed by atoms with Gasteiger partial charge < -0.3 is 0 Å². The quantitative estimate of drug-likeness (QED) is 0.554. The van der Waals surface area contributed by atoms with Crippen LogP contribution in [0.3, 0.4) is 0 Å². The molecule has 4 aliphatic rings. The maximum atomic E-state index is 12.8. The molecule has 0 unspecified atom stereocenters. The molecule has 0 spiro atoms. The molecule has 2 saturated heterocycles. The predicted molar refractivity (Wildman–Crippen MR) is 107 cm³/mol. The van der Waals surface area contributed by atoms with Crippen LogP contribution >= 0.6 is 11.6 Å². The number of imide groups is 2. The lowest BCUT2D eigenvalue weighted by Gasteiger charge is -2.20. The summed E-state index contributed by atoms with van der Waals surface area (Å²) in [7, 11) is 0. The topological polar surface area (TPSA) is 74.8 Å². The predicted octanol–water partition coefficient (Wildman–Crippen LogP) is 3.25. The van der Waals surface area contributed by atoms with Gasteiger partial charge in [-0.3, -0.25) is 19.2 Å². The third-order valence-electron chi connectivity index (χ3n) is 6.45. The molecule has 148 valence electrons. The Hall–Kier alpha value is -2.73. The minimum atomic E-state index is -0.347. The van der Waals surface area contributed by atoms with Crippen molar-refractivity contribution in [3.05, 3.63) is 47.5 Å². The second kappa shape index (κ2) is 6.66. The zero-order valence-electron chi connectivity index (χ0n) is 15.6. The second-order valence-electron chi connectivity index (χ2n) is 7.97. The van der Waals surface area contributed by atoms with Gasteiger partial charge in [-0.2, -0.15) is 0 Å². The van der Waals surface area contributed by atoms with Crippen LogP contribution in [0.2, 0.25) is 5.02 Å². The molecule has 7 heteroatoms. The number of nitrogens with zero attached hydrogens (tertiary/aromatic N) is 2. The van der Waals surface area contributed by atoms with Crippen LogP contribution in [0.1, 0.15) is 25.7 Å². The molecule has 1 aromatic carbocycles. The molecule has 6 nitrogen and oxygen atoms in total. The number of carbonyl (C=O) groups is 4. The van der Waals surface area contributed by atoms with E-state index in [-0.39, 0.29) is 52.3 Å². The fourth-order valence-corrected chi connectivity index (χ4v) is 5.17. The molecule has 0 aromatic heterocycles. The summed E-state index contributed by atoms with van der Waals surface area (Å²) in [4.78, 5) is 53.5. The fraction of sp³-hybridized carbons (Fsp3) is 0.364. The van der Waals surface area contributed by atoms with Gasteiger partial charge in [0.1, 0.15) is 0 Å². The highest BCUT2D eigenvalue weighted by Gasteiger charge is 2.50. The third kappa shape index (κ3) is 2.62. The molecule has 1 aromatic rings. The van der Waals surface area contributed by atoms with E-state index in [1.54, 1.807) is 12.1 Å². The monoisotopic (exact) mass is 410 g/mol. The standard InChI is InChI=1S/C22H19ClN2O4/c23-17-11-12(24-19(26)13-5-1-2-6-14(13)20(24)27)9-10-18(17)25-21(28)15-7-3-4-8-16(15)22(25)29/h1-4,9-11,13-16H,5-8H2/t13-,14-,15-,16+/m0/s1. The van der Waals surface area contributed by atoms with E-state index in [0.29, 0.717) is 37.1 Å². The Morgan fingerprint density at radius 1 is 0.655 bits per heavy atom. The summed E-state index contributed by atoms with van der Waals surface area (Å²) >= 11 is 6.44. The van der Waals surface area contributed by atoms with Crippen molar-refractivity contribution in [3.63, 3.8) is 0 Å². The molecule has 2 fully saturated rings. The third-order valence-corrected chi connectivity index (χ3v) is 6.75. The first-order valence-electron chi connectivity index (χ1n) is 9.84. The number of benzene rings is 1. The van der Waals surface area contributed by atoms with Crippen LogP contribution in [-0.2, 0) is 19.2 Å². The van der Waals surface area contributed by atoms with Crippen molar-refractivity contribution in [1.82, 2.24) is 0 Å². The molecule has 2 heterocycles. The van der Waals surface area contributed by atoms with Crippen molar-refractivity contribution < 1.29 is 19.2 Å². The number of rotatable bonds is 2. The molecule has 0 bridgehead atoms. The summed E-state index contributed by atoms with van der Waals surface area (Å²) in [5.74, 6) is -2.29.